The molecule has 4 fully saturated rings. The summed E-state index contributed by atoms with van der Waals surface area (Å²) in [5, 5.41) is 0. The summed E-state index contributed by atoms with van der Waals surface area (Å²) < 4.78 is 24.1. The first-order valence-electron chi connectivity index (χ1n) is 12.1. The number of rotatable bonds is 6. The Morgan fingerprint density at radius 1 is 1.07 bits per heavy atom. The van der Waals surface area contributed by atoms with Crippen LogP contribution in [-0.4, -0.2) is 70.8 Å². The van der Waals surface area contributed by atoms with Crippen molar-refractivity contribution in [1.29, 1.82) is 0 Å². The average Bonchev–Trinajstić information content (AvgIpc) is 3.40. The van der Waals surface area contributed by atoms with E-state index in [1.807, 2.05) is 0 Å². The molecule has 6 atom stereocenters. The largest absolute Gasteiger partial charge is 0.338 e. The Morgan fingerprint density at radius 3 is 2.54 bits per heavy atom. The number of hydrogen-bond donors (Lipinski definition) is 0. The molecule has 7 heteroatoms. The molecule has 0 radical (unpaired) electrons. The van der Waals surface area contributed by atoms with Gasteiger partial charge in [-0.2, -0.15) is 0 Å². The highest BCUT2D eigenvalue weighted by atomic mass is 16.2. The van der Waals surface area contributed by atoms with Crippen molar-refractivity contribution in [2.24, 2.45) is 23.7 Å². The Morgan fingerprint density at radius 2 is 1.79 bits per heavy atom. The van der Waals surface area contributed by atoms with Crippen molar-refractivity contribution in [3.05, 3.63) is 18.4 Å². The van der Waals surface area contributed by atoms with Gasteiger partial charge in [0.2, 0.25) is 17.8 Å². The van der Waals surface area contributed by atoms with Gasteiger partial charge in [-0.1, -0.05) is 0 Å². The maximum Gasteiger partial charge on any atom is 0.233 e. The number of piperazine rings is 1. The molecule has 2 bridgehead atoms. The van der Waals surface area contributed by atoms with Crippen molar-refractivity contribution in [2.45, 2.75) is 32.1 Å². The Balaban J connectivity index is 1.09. The molecular formula is C21H29N5O2. The van der Waals surface area contributed by atoms with Gasteiger partial charge in [-0.25, -0.2) is 9.97 Å². The van der Waals surface area contributed by atoms with Crippen LogP contribution in [0.25, 0.3) is 0 Å². The van der Waals surface area contributed by atoms with Crippen molar-refractivity contribution in [3.63, 3.8) is 0 Å². The molecule has 3 heterocycles. The first-order valence-corrected chi connectivity index (χ1v) is 10.4. The van der Waals surface area contributed by atoms with Crippen LogP contribution in [0.5, 0.6) is 0 Å². The highest BCUT2D eigenvalue weighted by Crippen LogP contribution is 2.56. The zero-order valence-electron chi connectivity index (χ0n) is 19.0. The van der Waals surface area contributed by atoms with E-state index < -0.39 is 0 Å². The molecule has 2 saturated carbocycles. The lowest BCUT2D eigenvalue weighted by Gasteiger charge is -2.34. The van der Waals surface area contributed by atoms with Crippen molar-refractivity contribution in [3.8, 4) is 0 Å². The summed E-state index contributed by atoms with van der Waals surface area (Å²) in [6, 6.07) is 0.291. The quantitative estimate of drug-likeness (QED) is 0.689. The zero-order valence-corrected chi connectivity index (χ0v) is 16.0. The molecule has 0 N–H and O–H groups in total. The lowest BCUT2D eigenvalue weighted by molar-refractivity contribution is -0.140. The van der Waals surface area contributed by atoms with Crippen LogP contribution in [0.15, 0.2) is 18.4 Å². The van der Waals surface area contributed by atoms with Gasteiger partial charge in [0.05, 0.1) is 13.2 Å². The van der Waals surface area contributed by atoms with E-state index in [0.717, 1.165) is 39.0 Å². The number of carbonyl (C=O) groups excluding carboxylic acids is 2. The molecule has 2 unspecified atom stereocenters. The molecular weight excluding hydrogens is 354 g/mol. The van der Waals surface area contributed by atoms with Gasteiger partial charge in [-0.05, 0) is 56.5 Å². The summed E-state index contributed by atoms with van der Waals surface area (Å²) in [7, 11) is 0. The van der Waals surface area contributed by atoms with Gasteiger partial charge in [-0.3, -0.25) is 19.4 Å². The number of anilines is 1. The van der Waals surface area contributed by atoms with Crippen molar-refractivity contribution in [2.75, 3.05) is 44.1 Å². The van der Waals surface area contributed by atoms with E-state index >= 15 is 0 Å². The van der Waals surface area contributed by atoms with Crippen LogP contribution >= 0.6 is 0 Å². The molecule has 2 aliphatic heterocycles. The van der Waals surface area contributed by atoms with Crippen molar-refractivity contribution in [1.82, 2.24) is 19.8 Å². The smallest absolute Gasteiger partial charge is 0.233 e. The summed E-state index contributed by atoms with van der Waals surface area (Å²) in [5.41, 5.74) is 0. The van der Waals surface area contributed by atoms with E-state index in [0.29, 0.717) is 31.4 Å². The third-order valence-electron chi connectivity index (χ3n) is 6.85. The van der Waals surface area contributed by atoms with Gasteiger partial charge in [-0.15, -0.1) is 0 Å². The molecule has 2 aliphatic carbocycles. The summed E-state index contributed by atoms with van der Waals surface area (Å²) in [5.74, 6) is 0.401. The van der Waals surface area contributed by atoms with Gasteiger partial charge >= 0.3 is 0 Å². The van der Waals surface area contributed by atoms with Crippen LogP contribution in [0, 0.1) is 23.7 Å². The van der Waals surface area contributed by atoms with Crippen molar-refractivity contribution < 1.29 is 13.7 Å². The lowest BCUT2D eigenvalue weighted by Crippen LogP contribution is -2.47. The number of amides is 2. The lowest BCUT2D eigenvalue weighted by atomic mass is 9.81. The molecule has 2 saturated heterocycles. The molecule has 4 aliphatic rings. The summed E-state index contributed by atoms with van der Waals surface area (Å²) in [6.07, 6.45) is 5.68. The fraction of sp³-hybridized carbons (Fsp3) is 0.714. The van der Waals surface area contributed by atoms with Crippen LogP contribution in [0.4, 0.5) is 5.95 Å². The molecule has 0 aromatic carbocycles. The van der Waals surface area contributed by atoms with Crippen LogP contribution in [-0.2, 0) is 9.59 Å². The van der Waals surface area contributed by atoms with Crippen LogP contribution in [0.3, 0.4) is 0 Å². The second-order valence-corrected chi connectivity index (χ2v) is 8.34. The maximum atomic E-state index is 12.8. The molecule has 0 spiro atoms. The first-order chi connectivity index (χ1) is 14.9. The second kappa shape index (κ2) is 7.43. The minimum Gasteiger partial charge on any atom is -0.338 e. The average molecular weight is 387 g/mol. The number of carbonyl (C=O) groups is 2. The Kier molecular flexibility index (Phi) is 3.95. The first kappa shape index (κ1) is 14.9. The summed E-state index contributed by atoms with van der Waals surface area (Å²) >= 11 is 0. The van der Waals surface area contributed by atoms with E-state index in [9.17, 15) is 9.59 Å². The standard InChI is InChI=1S/C21H29N5O2/c27-19-17-15-4-5-16(14-15)18(17)20(28)26(19)9-2-1-8-24-10-12-25(13-11-24)21-22-6-3-7-23-21/h3,6-7,15-18H,1-2,4-5,8-14H2/t15-,16+,17-,18+/i3D,4D,8D/t4?,8?,15-,16+,17-,18+/m0/s1. The highest BCUT2D eigenvalue weighted by Gasteiger charge is 2.60. The molecule has 2 amide bonds. The van der Waals surface area contributed by atoms with E-state index in [4.69, 9.17) is 4.11 Å². The predicted octanol–water partition coefficient (Wildman–Crippen LogP) is 1.41. The molecule has 7 nitrogen and oxygen atoms in total. The van der Waals surface area contributed by atoms with Gasteiger partial charge in [0, 0.05) is 47.9 Å². The van der Waals surface area contributed by atoms with E-state index in [1.54, 1.807) is 0 Å². The third-order valence-corrected chi connectivity index (χ3v) is 6.85. The number of fused-ring (bicyclic) bond motifs is 5. The van der Waals surface area contributed by atoms with Crippen LogP contribution in [0.1, 0.15) is 36.2 Å². The van der Waals surface area contributed by atoms with Gasteiger partial charge in [0.1, 0.15) is 0 Å². The van der Waals surface area contributed by atoms with Crippen LogP contribution < -0.4 is 4.90 Å². The SMILES string of the molecule is [2H]c1cnc(N2CCN(C([2H])CCCN3C(=O)[C@@H]4[C@@H]5CC([2H])[C@@H](C5)[C@@H]4C3=O)CC2)nc1. The second-order valence-electron chi connectivity index (χ2n) is 8.34. The normalized spacial score (nSPS) is 37.7. The van der Waals surface area contributed by atoms with E-state index in [1.165, 1.54) is 17.3 Å². The van der Waals surface area contributed by atoms with Gasteiger partial charge in [0.25, 0.3) is 0 Å². The number of aromatic nitrogens is 2. The molecule has 5 rings (SSSR count). The monoisotopic (exact) mass is 386 g/mol. The fourth-order valence-corrected chi connectivity index (χ4v) is 5.47. The predicted molar refractivity (Wildman–Crippen MR) is 104 cm³/mol. The maximum absolute atomic E-state index is 12.8. The van der Waals surface area contributed by atoms with Crippen LogP contribution in [0.2, 0.25) is 0 Å². The highest BCUT2D eigenvalue weighted by molar-refractivity contribution is 6.06. The Labute approximate surface area is 170 Å². The molecule has 1 aromatic heterocycles. The number of nitrogens with zero attached hydrogens (tertiary/aromatic N) is 5. The number of hydrogen-bond acceptors (Lipinski definition) is 6. The number of imide groups is 1. The molecule has 1 aromatic rings. The van der Waals surface area contributed by atoms with Gasteiger partial charge in [0.15, 0.2) is 0 Å². The van der Waals surface area contributed by atoms with E-state index in [2.05, 4.69) is 19.8 Å². The molecule has 28 heavy (non-hydrogen) atoms. The minimum absolute atomic E-state index is 0.0248. The summed E-state index contributed by atoms with van der Waals surface area (Å²) in [6.45, 7) is 2.97. The van der Waals surface area contributed by atoms with Crippen molar-refractivity contribution >= 4 is 17.8 Å². The minimum atomic E-state index is -0.361. The topological polar surface area (TPSA) is 69.6 Å². The van der Waals surface area contributed by atoms with Gasteiger partial charge < -0.3 is 4.90 Å². The van der Waals surface area contributed by atoms with E-state index in [-0.39, 0.29) is 48.4 Å². The molecule has 150 valence electrons. The summed E-state index contributed by atoms with van der Waals surface area (Å²) in [4.78, 5) is 39.7. The number of likely N-dealkylation sites (tertiary alicyclic amines) is 1. The Bertz CT molecular complexity index is 848. The third kappa shape index (κ3) is 3.09. The zero-order chi connectivity index (χ0) is 21.7. The Hall–Kier alpha value is -2.02. The fourth-order valence-electron chi connectivity index (χ4n) is 5.47.